The number of anilines is 1. The van der Waals surface area contributed by atoms with Crippen molar-refractivity contribution >= 4 is 5.69 Å². The van der Waals surface area contributed by atoms with E-state index < -0.39 is 0 Å². The Balaban J connectivity index is 1.76. The molecule has 1 aromatic carbocycles. The molecule has 0 aliphatic heterocycles. The molecule has 0 saturated carbocycles. The fraction of sp³-hybridized carbons (Fsp3) is 0.125. The van der Waals surface area contributed by atoms with E-state index >= 15 is 0 Å². The van der Waals surface area contributed by atoms with Gasteiger partial charge < -0.3 is 5.32 Å². The van der Waals surface area contributed by atoms with Crippen LogP contribution in [0.5, 0.6) is 0 Å². The van der Waals surface area contributed by atoms with Gasteiger partial charge in [0.15, 0.2) is 0 Å². The summed E-state index contributed by atoms with van der Waals surface area (Å²) < 4.78 is 0. The normalized spacial score (nSPS) is 10.4. The highest BCUT2D eigenvalue weighted by atomic mass is 15.1. The molecule has 0 saturated heterocycles. The van der Waals surface area contributed by atoms with E-state index in [-0.39, 0.29) is 0 Å². The van der Waals surface area contributed by atoms with Crippen LogP contribution in [0.15, 0.2) is 55.0 Å². The van der Waals surface area contributed by atoms with Crippen molar-refractivity contribution in [3.8, 4) is 11.3 Å². The maximum atomic E-state index is 4.14. The standard InChI is InChI=1S/C16H16N4/c1-12-4-6-15(7-5-12)18-10-14-11-19-20-16(14)13-3-2-8-17-9-13/h2-9,11,18H,10H2,1H3,(H,19,20). The lowest BCUT2D eigenvalue weighted by molar-refractivity contribution is 1.09. The number of aryl methyl sites for hydroxylation is 1. The zero-order valence-electron chi connectivity index (χ0n) is 11.3. The van der Waals surface area contributed by atoms with Gasteiger partial charge in [-0.25, -0.2) is 0 Å². The third kappa shape index (κ3) is 2.69. The second kappa shape index (κ2) is 5.57. The van der Waals surface area contributed by atoms with Crippen molar-refractivity contribution in [2.24, 2.45) is 0 Å². The lowest BCUT2D eigenvalue weighted by atomic mass is 10.1. The molecule has 2 heterocycles. The van der Waals surface area contributed by atoms with Crippen LogP contribution in [-0.2, 0) is 6.54 Å². The van der Waals surface area contributed by atoms with E-state index in [1.807, 2.05) is 24.5 Å². The van der Waals surface area contributed by atoms with Crippen LogP contribution in [0.1, 0.15) is 11.1 Å². The van der Waals surface area contributed by atoms with E-state index in [9.17, 15) is 0 Å². The Morgan fingerprint density at radius 1 is 1.10 bits per heavy atom. The minimum Gasteiger partial charge on any atom is -0.381 e. The second-order valence-electron chi connectivity index (χ2n) is 4.73. The summed E-state index contributed by atoms with van der Waals surface area (Å²) in [6, 6.07) is 12.3. The largest absolute Gasteiger partial charge is 0.381 e. The van der Waals surface area contributed by atoms with Crippen molar-refractivity contribution in [3.63, 3.8) is 0 Å². The van der Waals surface area contributed by atoms with Crippen LogP contribution in [0.2, 0.25) is 0 Å². The fourth-order valence-electron chi connectivity index (χ4n) is 2.07. The van der Waals surface area contributed by atoms with Crippen molar-refractivity contribution in [2.75, 3.05) is 5.32 Å². The zero-order chi connectivity index (χ0) is 13.8. The Morgan fingerprint density at radius 3 is 2.70 bits per heavy atom. The summed E-state index contributed by atoms with van der Waals surface area (Å²) in [5, 5.41) is 10.6. The van der Waals surface area contributed by atoms with Gasteiger partial charge in [0.05, 0.1) is 11.9 Å². The molecule has 0 spiro atoms. The van der Waals surface area contributed by atoms with Crippen LogP contribution in [0, 0.1) is 6.92 Å². The highest BCUT2D eigenvalue weighted by Crippen LogP contribution is 2.21. The van der Waals surface area contributed by atoms with E-state index in [2.05, 4.69) is 51.7 Å². The quantitative estimate of drug-likeness (QED) is 0.759. The molecule has 0 aliphatic rings. The summed E-state index contributed by atoms with van der Waals surface area (Å²) in [6.45, 7) is 2.81. The molecule has 3 rings (SSSR count). The number of aromatic amines is 1. The number of hydrogen-bond donors (Lipinski definition) is 2. The molecule has 0 unspecified atom stereocenters. The van der Waals surface area contributed by atoms with Crippen molar-refractivity contribution in [3.05, 3.63) is 66.1 Å². The maximum Gasteiger partial charge on any atom is 0.0715 e. The number of hydrogen-bond acceptors (Lipinski definition) is 3. The Kier molecular flexibility index (Phi) is 3.46. The fourth-order valence-corrected chi connectivity index (χ4v) is 2.07. The van der Waals surface area contributed by atoms with Gasteiger partial charge in [0, 0.05) is 35.8 Å². The number of pyridine rings is 1. The van der Waals surface area contributed by atoms with E-state index in [1.54, 1.807) is 6.20 Å². The Labute approximate surface area is 117 Å². The van der Waals surface area contributed by atoms with Gasteiger partial charge in [-0.2, -0.15) is 5.10 Å². The first-order valence-electron chi connectivity index (χ1n) is 6.56. The molecular weight excluding hydrogens is 248 g/mol. The maximum absolute atomic E-state index is 4.14. The molecule has 4 heteroatoms. The highest BCUT2D eigenvalue weighted by Gasteiger charge is 2.07. The average Bonchev–Trinajstić information content (AvgIpc) is 2.96. The van der Waals surface area contributed by atoms with E-state index in [1.165, 1.54) is 5.56 Å². The molecule has 100 valence electrons. The van der Waals surface area contributed by atoms with Gasteiger partial charge in [-0.05, 0) is 31.2 Å². The Hall–Kier alpha value is -2.62. The first kappa shape index (κ1) is 12.4. The van der Waals surface area contributed by atoms with Gasteiger partial charge in [-0.3, -0.25) is 10.1 Å². The summed E-state index contributed by atoms with van der Waals surface area (Å²) >= 11 is 0. The third-order valence-corrected chi connectivity index (χ3v) is 3.20. The number of nitrogens with one attached hydrogen (secondary N) is 2. The summed E-state index contributed by atoms with van der Waals surface area (Å²) in [5.41, 5.74) is 5.55. The number of benzene rings is 1. The Bertz CT molecular complexity index is 671. The van der Waals surface area contributed by atoms with Gasteiger partial charge in [0.1, 0.15) is 0 Å². The van der Waals surface area contributed by atoms with E-state index in [0.29, 0.717) is 0 Å². The molecule has 2 aromatic heterocycles. The van der Waals surface area contributed by atoms with E-state index in [4.69, 9.17) is 0 Å². The van der Waals surface area contributed by atoms with Crippen LogP contribution in [-0.4, -0.2) is 15.2 Å². The minimum atomic E-state index is 0.726. The molecule has 4 nitrogen and oxygen atoms in total. The van der Waals surface area contributed by atoms with Crippen LogP contribution in [0.4, 0.5) is 5.69 Å². The minimum absolute atomic E-state index is 0.726. The molecule has 0 fully saturated rings. The molecule has 0 amide bonds. The van der Waals surface area contributed by atoms with Crippen molar-refractivity contribution < 1.29 is 0 Å². The lowest BCUT2D eigenvalue weighted by Gasteiger charge is -2.07. The van der Waals surface area contributed by atoms with Crippen LogP contribution in [0.25, 0.3) is 11.3 Å². The first-order valence-corrected chi connectivity index (χ1v) is 6.56. The zero-order valence-corrected chi connectivity index (χ0v) is 11.3. The van der Waals surface area contributed by atoms with Crippen molar-refractivity contribution in [1.29, 1.82) is 0 Å². The van der Waals surface area contributed by atoms with Gasteiger partial charge in [0.25, 0.3) is 0 Å². The van der Waals surface area contributed by atoms with Crippen LogP contribution < -0.4 is 5.32 Å². The summed E-state index contributed by atoms with van der Waals surface area (Å²) in [5.74, 6) is 0. The number of H-pyrrole nitrogens is 1. The second-order valence-corrected chi connectivity index (χ2v) is 4.73. The van der Waals surface area contributed by atoms with Gasteiger partial charge >= 0.3 is 0 Å². The van der Waals surface area contributed by atoms with Gasteiger partial charge in [-0.1, -0.05) is 17.7 Å². The molecule has 0 aliphatic carbocycles. The van der Waals surface area contributed by atoms with Crippen LogP contribution in [0.3, 0.4) is 0 Å². The topological polar surface area (TPSA) is 53.6 Å². The van der Waals surface area contributed by atoms with Gasteiger partial charge in [0.2, 0.25) is 0 Å². The molecule has 0 bridgehead atoms. The van der Waals surface area contributed by atoms with E-state index in [0.717, 1.165) is 29.1 Å². The molecule has 3 aromatic rings. The predicted octanol–water partition coefficient (Wildman–Crippen LogP) is 3.39. The molecular formula is C16H16N4. The number of rotatable bonds is 4. The summed E-state index contributed by atoms with van der Waals surface area (Å²) in [7, 11) is 0. The number of nitrogens with zero attached hydrogens (tertiary/aromatic N) is 2. The molecule has 0 radical (unpaired) electrons. The third-order valence-electron chi connectivity index (χ3n) is 3.20. The average molecular weight is 264 g/mol. The van der Waals surface area contributed by atoms with Crippen molar-refractivity contribution in [1.82, 2.24) is 15.2 Å². The first-order chi connectivity index (χ1) is 9.83. The van der Waals surface area contributed by atoms with Crippen molar-refractivity contribution in [2.45, 2.75) is 13.5 Å². The van der Waals surface area contributed by atoms with Gasteiger partial charge in [-0.15, -0.1) is 0 Å². The molecule has 20 heavy (non-hydrogen) atoms. The predicted molar refractivity (Wildman–Crippen MR) is 80.3 cm³/mol. The summed E-state index contributed by atoms with van der Waals surface area (Å²) in [6.07, 6.45) is 5.45. The Morgan fingerprint density at radius 2 is 1.95 bits per heavy atom. The molecule has 0 atom stereocenters. The number of aromatic nitrogens is 3. The molecule has 2 N–H and O–H groups in total. The highest BCUT2D eigenvalue weighted by molar-refractivity contribution is 5.62. The monoisotopic (exact) mass is 264 g/mol. The lowest BCUT2D eigenvalue weighted by Crippen LogP contribution is -1.99. The van der Waals surface area contributed by atoms with Crippen LogP contribution >= 0.6 is 0 Å². The SMILES string of the molecule is Cc1ccc(NCc2cn[nH]c2-c2cccnc2)cc1. The summed E-state index contributed by atoms with van der Waals surface area (Å²) in [4.78, 5) is 4.14. The smallest absolute Gasteiger partial charge is 0.0715 e.